The van der Waals surface area contributed by atoms with Crippen LogP contribution in [-0.4, -0.2) is 50.2 Å². The van der Waals surface area contributed by atoms with Gasteiger partial charge in [-0.25, -0.2) is 8.78 Å². The SMILES string of the molecule is CC1CC1(CNC(=O)CCN1CCOCC1)c1ccc(F)cc1F. The van der Waals surface area contributed by atoms with Gasteiger partial charge in [-0.2, -0.15) is 0 Å². The van der Waals surface area contributed by atoms with Crippen LogP contribution >= 0.6 is 0 Å². The first-order chi connectivity index (χ1) is 11.5. The highest BCUT2D eigenvalue weighted by atomic mass is 19.1. The van der Waals surface area contributed by atoms with Gasteiger partial charge < -0.3 is 10.1 Å². The highest BCUT2D eigenvalue weighted by molar-refractivity contribution is 5.76. The predicted molar refractivity (Wildman–Crippen MR) is 86.7 cm³/mol. The van der Waals surface area contributed by atoms with Gasteiger partial charge in [0.05, 0.1) is 13.2 Å². The highest BCUT2D eigenvalue weighted by Gasteiger charge is 2.53. The lowest BCUT2D eigenvalue weighted by molar-refractivity contribution is -0.121. The molecule has 0 bridgehead atoms. The molecule has 132 valence electrons. The summed E-state index contributed by atoms with van der Waals surface area (Å²) in [5.74, 6) is -0.851. The van der Waals surface area contributed by atoms with Crippen molar-refractivity contribution in [2.75, 3.05) is 39.4 Å². The smallest absolute Gasteiger partial charge is 0.221 e. The topological polar surface area (TPSA) is 41.6 Å². The molecule has 0 radical (unpaired) electrons. The molecule has 1 aromatic rings. The van der Waals surface area contributed by atoms with Crippen LogP contribution in [-0.2, 0) is 14.9 Å². The van der Waals surface area contributed by atoms with Gasteiger partial charge in [0.2, 0.25) is 5.91 Å². The van der Waals surface area contributed by atoms with Gasteiger partial charge in [0.15, 0.2) is 0 Å². The monoisotopic (exact) mass is 338 g/mol. The first kappa shape index (κ1) is 17.3. The van der Waals surface area contributed by atoms with E-state index in [0.717, 1.165) is 25.6 Å². The summed E-state index contributed by atoms with van der Waals surface area (Å²) < 4.78 is 32.5. The number of carbonyl (C=O) groups excluding carboxylic acids is 1. The second-order valence-electron chi connectivity index (χ2n) is 6.87. The molecule has 1 saturated heterocycles. The van der Waals surface area contributed by atoms with Crippen molar-refractivity contribution in [3.05, 3.63) is 35.4 Å². The van der Waals surface area contributed by atoms with Crippen molar-refractivity contribution in [1.82, 2.24) is 10.2 Å². The summed E-state index contributed by atoms with van der Waals surface area (Å²) in [4.78, 5) is 14.3. The van der Waals surface area contributed by atoms with Crippen LogP contribution in [0.15, 0.2) is 18.2 Å². The Morgan fingerprint density at radius 3 is 2.71 bits per heavy atom. The van der Waals surface area contributed by atoms with Gasteiger partial charge in [0.25, 0.3) is 0 Å². The highest BCUT2D eigenvalue weighted by Crippen LogP contribution is 2.54. The molecular weight excluding hydrogens is 314 g/mol. The molecule has 1 aliphatic carbocycles. The van der Waals surface area contributed by atoms with E-state index >= 15 is 0 Å². The number of amides is 1. The molecule has 1 amide bonds. The molecule has 1 aromatic carbocycles. The van der Waals surface area contributed by atoms with E-state index in [1.165, 1.54) is 12.1 Å². The molecule has 2 fully saturated rings. The van der Waals surface area contributed by atoms with Crippen LogP contribution < -0.4 is 5.32 Å². The number of halogens is 2. The molecule has 1 N–H and O–H groups in total. The molecule has 2 aliphatic rings. The zero-order valence-corrected chi connectivity index (χ0v) is 14.0. The Kier molecular flexibility index (Phi) is 5.15. The fraction of sp³-hybridized carbons (Fsp3) is 0.611. The Balaban J connectivity index is 1.53. The van der Waals surface area contributed by atoms with Crippen LogP contribution in [0, 0.1) is 17.6 Å². The lowest BCUT2D eigenvalue weighted by atomic mass is 9.92. The maximum absolute atomic E-state index is 14.1. The van der Waals surface area contributed by atoms with Crippen LogP contribution in [0.25, 0.3) is 0 Å². The third-order valence-electron chi connectivity index (χ3n) is 5.28. The minimum Gasteiger partial charge on any atom is -0.379 e. The van der Waals surface area contributed by atoms with Gasteiger partial charge in [0.1, 0.15) is 11.6 Å². The predicted octanol–water partition coefficient (Wildman–Crippen LogP) is 2.08. The van der Waals surface area contributed by atoms with Crippen molar-refractivity contribution < 1.29 is 18.3 Å². The number of ether oxygens (including phenoxy) is 1. The Labute approximate surface area is 141 Å². The van der Waals surface area contributed by atoms with E-state index in [-0.39, 0.29) is 11.8 Å². The number of benzene rings is 1. The van der Waals surface area contributed by atoms with Gasteiger partial charge >= 0.3 is 0 Å². The second-order valence-corrected chi connectivity index (χ2v) is 6.87. The zero-order chi connectivity index (χ0) is 17.2. The Hall–Kier alpha value is -1.53. The Morgan fingerprint density at radius 2 is 2.08 bits per heavy atom. The maximum atomic E-state index is 14.1. The largest absolute Gasteiger partial charge is 0.379 e. The fourth-order valence-electron chi connectivity index (χ4n) is 3.53. The van der Waals surface area contributed by atoms with Gasteiger partial charge in [-0.15, -0.1) is 0 Å². The van der Waals surface area contributed by atoms with Gasteiger partial charge in [-0.1, -0.05) is 13.0 Å². The van der Waals surface area contributed by atoms with Crippen LogP contribution in [0.1, 0.15) is 25.3 Å². The first-order valence-corrected chi connectivity index (χ1v) is 8.53. The number of nitrogens with zero attached hydrogens (tertiary/aromatic N) is 1. The summed E-state index contributed by atoms with van der Waals surface area (Å²) >= 11 is 0. The summed E-state index contributed by atoms with van der Waals surface area (Å²) in [5.41, 5.74) is 0.108. The molecule has 1 heterocycles. The van der Waals surface area contributed by atoms with Crippen LogP contribution in [0.3, 0.4) is 0 Å². The fourth-order valence-corrected chi connectivity index (χ4v) is 3.53. The van der Waals surface area contributed by atoms with Crippen molar-refractivity contribution in [3.8, 4) is 0 Å². The van der Waals surface area contributed by atoms with Crippen molar-refractivity contribution in [2.24, 2.45) is 5.92 Å². The van der Waals surface area contributed by atoms with E-state index in [9.17, 15) is 13.6 Å². The lowest BCUT2D eigenvalue weighted by Crippen LogP contribution is -2.40. The molecule has 2 atom stereocenters. The second kappa shape index (κ2) is 7.15. The van der Waals surface area contributed by atoms with E-state index in [2.05, 4.69) is 10.2 Å². The molecule has 2 unspecified atom stereocenters. The molecule has 1 aliphatic heterocycles. The summed E-state index contributed by atoms with van der Waals surface area (Å²) in [6, 6.07) is 3.71. The summed E-state index contributed by atoms with van der Waals surface area (Å²) in [5, 5.41) is 2.94. The molecule has 4 nitrogen and oxygen atoms in total. The number of morpholine rings is 1. The standard InChI is InChI=1S/C18H24F2N2O2/c1-13-11-18(13,15-3-2-14(19)10-16(15)20)12-21-17(23)4-5-22-6-8-24-9-7-22/h2-3,10,13H,4-9,11-12H2,1H3,(H,21,23). The maximum Gasteiger partial charge on any atom is 0.221 e. The van der Waals surface area contributed by atoms with Gasteiger partial charge in [-0.3, -0.25) is 9.69 Å². The molecule has 1 saturated carbocycles. The third kappa shape index (κ3) is 3.75. The molecular formula is C18H24F2N2O2. The number of nitrogens with one attached hydrogen (secondary N) is 1. The summed E-state index contributed by atoms with van der Waals surface area (Å²) in [6.07, 6.45) is 1.23. The minimum absolute atomic E-state index is 0.0255. The van der Waals surface area contributed by atoms with Crippen LogP contribution in [0.4, 0.5) is 8.78 Å². The number of carbonyl (C=O) groups is 1. The van der Waals surface area contributed by atoms with E-state index in [0.29, 0.717) is 38.3 Å². The third-order valence-corrected chi connectivity index (χ3v) is 5.28. The van der Waals surface area contributed by atoms with E-state index < -0.39 is 17.0 Å². The molecule has 0 spiro atoms. The lowest BCUT2D eigenvalue weighted by Gasteiger charge is -2.26. The van der Waals surface area contributed by atoms with Crippen LogP contribution in [0.5, 0.6) is 0 Å². The quantitative estimate of drug-likeness (QED) is 0.863. The summed E-state index contributed by atoms with van der Waals surface area (Å²) in [6.45, 7) is 6.28. The van der Waals surface area contributed by atoms with Crippen molar-refractivity contribution in [1.29, 1.82) is 0 Å². The van der Waals surface area contributed by atoms with Gasteiger partial charge in [-0.05, 0) is 24.0 Å². The normalized spacial score (nSPS) is 27.0. The first-order valence-electron chi connectivity index (χ1n) is 8.53. The zero-order valence-electron chi connectivity index (χ0n) is 14.0. The van der Waals surface area contributed by atoms with E-state index in [4.69, 9.17) is 4.74 Å². The van der Waals surface area contributed by atoms with E-state index in [1.807, 2.05) is 6.92 Å². The number of hydrogen-bond acceptors (Lipinski definition) is 3. The van der Waals surface area contributed by atoms with E-state index in [1.54, 1.807) is 0 Å². The number of rotatable bonds is 6. The number of hydrogen-bond donors (Lipinski definition) is 1. The average molecular weight is 338 g/mol. The Bertz CT molecular complexity index is 605. The Morgan fingerprint density at radius 1 is 1.38 bits per heavy atom. The van der Waals surface area contributed by atoms with Crippen molar-refractivity contribution in [3.63, 3.8) is 0 Å². The van der Waals surface area contributed by atoms with Gasteiger partial charge in [0, 0.05) is 44.1 Å². The molecule has 3 rings (SSSR count). The van der Waals surface area contributed by atoms with Crippen LogP contribution in [0.2, 0.25) is 0 Å². The average Bonchev–Trinajstić information content (AvgIpc) is 3.23. The molecule has 24 heavy (non-hydrogen) atoms. The van der Waals surface area contributed by atoms with Crippen molar-refractivity contribution >= 4 is 5.91 Å². The molecule has 0 aromatic heterocycles. The molecule has 6 heteroatoms. The minimum atomic E-state index is -0.575. The van der Waals surface area contributed by atoms with Crippen molar-refractivity contribution in [2.45, 2.75) is 25.2 Å². The summed E-state index contributed by atoms with van der Waals surface area (Å²) in [7, 11) is 0.